The first-order chi connectivity index (χ1) is 14.4. The molecule has 0 bridgehead atoms. The molecular formula is C21H22ClN3O4S. The predicted molar refractivity (Wildman–Crippen MR) is 114 cm³/mol. The number of piperidine rings is 1. The smallest absolute Gasteiger partial charge is 0.251 e. The summed E-state index contributed by atoms with van der Waals surface area (Å²) in [5.41, 5.74) is 0.502. The SMILES string of the molecule is O=C1C[C@@H](NC2CCN(S(=O)(=O)c3ccccc3)CC2)C(=O)N1c1ccc(Cl)cc1. The summed E-state index contributed by atoms with van der Waals surface area (Å²) in [6.45, 7) is 0.731. The minimum Gasteiger partial charge on any atom is -0.303 e. The van der Waals surface area contributed by atoms with Crippen molar-refractivity contribution < 1.29 is 18.0 Å². The normalized spacial score (nSPS) is 21.4. The van der Waals surface area contributed by atoms with Gasteiger partial charge in [-0.3, -0.25) is 9.59 Å². The Kier molecular flexibility index (Phi) is 5.92. The number of carbonyl (C=O) groups excluding carboxylic acids is 2. The van der Waals surface area contributed by atoms with Gasteiger partial charge in [0.25, 0.3) is 5.91 Å². The van der Waals surface area contributed by atoms with E-state index >= 15 is 0 Å². The molecule has 9 heteroatoms. The molecular weight excluding hydrogens is 426 g/mol. The highest BCUT2D eigenvalue weighted by molar-refractivity contribution is 7.89. The molecule has 2 heterocycles. The highest BCUT2D eigenvalue weighted by atomic mass is 35.5. The minimum absolute atomic E-state index is 0.0286. The first-order valence-corrected chi connectivity index (χ1v) is 11.6. The first kappa shape index (κ1) is 21.0. The Bertz CT molecular complexity index is 1040. The van der Waals surface area contributed by atoms with E-state index in [9.17, 15) is 18.0 Å². The molecule has 1 atom stereocenters. The lowest BCUT2D eigenvalue weighted by Crippen LogP contribution is -2.49. The summed E-state index contributed by atoms with van der Waals surface area (Å²) < 4.78 is 27.0. The molecule has 0 aromatic heterocycles. The van der Waals surface area contributed by atoms with Gasteiger partial charge in [-0.25, -0.2) is 13.3 Å². The van der Waals surface area contributed by atoms with Crippen molar-refractivity contribution in [1.82, 2.24) is 9.62 Å². The predicted octanol–water partition coefficient (Wildman–Crippen LogP) is 2.41. The molecule has 1 N–H and O–H groups in total. The van der Waals surface area contributed by atoms with Gasteiger partial charge in [0.1, 0.15) is 0 Å². The van der Waals surface area contributed by atoms with E-state index in [1.807, 2.05) is 0 Å². The number of carbonyl (C=O) groups is 2. The second kappa shape index (κ2) is 8.47. The average molecular weight is 448 g/mol. The number of hydrogen-bond acceptors (Lipinski definition) is 5. The third-order valence-corrected chi connectivity index (χ3v) is 7.67. The molecule has 0 aliphatic carbocycles. The van der Waals surface area contributed by atoms with Gasteiger partial charge in [0.05, 0.1) is 23.0 Å². The molecule has 2 amide bonds. The van der Waals surface area contributed by atoms with Gasteiger partial charge in [0.2, 0.25) is 15.9 Å². The van der Waals surface area contributed by atoms with Gasteiger partial charge in [-0.05, 0) is 49.2 Å². The van der Waals surface area contributed by atoms with E-state index in [1.54, 1.807) is 54.6 Å². The highest BCUT2D eigenvalue weighted by Crippen LogP contribution is 2.26. The topological polar surface area (TPSA) is 86.8 Å². The van der Waals surface area contributed by atoms with Crippen LogP contribution in [0.15, 0.2) is 59.5 Å². The molecule has 2 fully saturated rings. The number of nitrogens with zero attached hydrogens (tertiary/aromatic N) is 2. The fourth-order valence-corrected chi connectivity index (χ4v) is 5.53. The van der Waals surface area contributed by atoms with E-state index in [0.29, 0.717) is 36.6 Å². The van der Waals surface area contributed by atoms with Crippen LogP contribution >= 0.6 is 11.6 Å². The molecule has 30 heavy (non-hydrogen) atoms. The summed E-state index contributed by atoms with van der Waals surface area (Å²) >= 11 is 5.88. The van der Waals surface area contributed by atoms with E-state index in [0.717, 1.165) is 0 Å². The number of hydrogen-bond donors (Lipinski definition) is 1. The van der Waals surface area contributed by atoms with Gasteiger partial charge in [-0.15, -0.1) is 0 Å². The van der Waals surface area contributed by atoms with Crippen LogP contribution in [-0.2, 0) is 19.6 Å². The summed E-state index contributed by atoms with van der Waals surface area (Å²) in [5.74, 6) is -0.550. The van der Waals surface area contributed by atoms with E-state index < -0.39 is 16.1 Å². The maximum Gasteiger partial charge on any atom is 0.251 e. The van der Waals surface area contributed by atoms with Crippen molar-refractivity contribution in [2.24, 2.45) is 0 Å². The van der Waals surface area contributed by atoms with E-state index in [-0.39, 0.29) is 29.2 Å². The van der Waals surface area contributed by atoms with Gasteiger partial charge in [0.15, 0.2) is 0 Å². The van der Waals surface area contributed by atoms with Crippen molar-refractivity contribution in [3.63, 3.8) is 0 Å². The average Bonchev–Trinajstić information content (AvgIpc) is 3.03. The van der Waals surface area contributed by atoms with Crippen molar-refractivity contribution in [2.75, 3.05) is 18.0 Å². The number of nitrogens with one attached hydrogen (secondary N) is 1. The largest absolute Gasteiger partial charge is 0.303 e. The monoisotopic (exact) mass is 447 g/mol. The fourth-order valence-electron chi connectivity index (χ4n) is 3.91. The Balaban J connectivity index is 1.37. The standard InChI is InChI=1S/C21H22ClN3O4S/c22-15-6-8-17(9-7-15)25-20(26)14-19(21(25)27)23-16-10-12-24(13-11-16)30(28,29)18-4-2-1-3-5-18/h1-9,16,19,23H,10-14H2/t19-/m1/s1. The molecule has 2 aliphatic heterocycles. The molecule has 0 unspecified atom stereocenters. The summed E-state index contributed by atoms with van der Waals surface area (Å²) in [5, 5.41) is 3.79. The molecule has 158 valence electrons. The van der Waals surface area contributed by atoms with Crippen LogP contribution in [0.1, 0.15) is 19.3 Å². The van der Waals surface area contributed by atoms with Crippen LogP contribution < -0.4 is 10.2 Å². The van der Waals surface area contributed by atoms with Crippen LogP contribution in [-0.4, -0.2) is 49.7 Å². The lowest BCUT2D eigenvalue weighted by Gasteiger charge is -2.32. The summed E-state index contributed by atoms with van der Waals surface area (Å²) in [7, 11) is -3.52. The Labute approximate surface area is 180 Å². The Morgan fingerprint density at radius 3 is 2.20 bits per heavy atom. The van der Waals surface area contributed by atoms with Gasteiger partial charge >= 0.3 is 0 Å². The molecule has 2 aromatic rings. The zero-order chi connectivity index (χ0) is 21.3. The Hall–Kier alpha value is -2.26. The zero-order valence-electron chi connectivity index (χ0n) is 16.2. The fraction of sp³-hybridized carbons (Fsp3) is 0.333. The molecule has 2 saturated heterocycles. The third kappa shape index (κ3) is 4.13. The molecule has 4 rings (SSSR count). The van der Waals surface area contributed by atoms with Gasteiger partial charge < -0.3 is 5.32 Å². The second-order valence-corrected chi connectivity index (χ2v) is 9.83. The number of halogens is 1. The van der Waals surface area contributed by atoms with E-state index in [1.165, 1.54) is 9.21 Å². The van der Waals surface area contributed by atoms with Gasteiger partial charge in [-0.1, -0.05) is 29.8 Å². The highest BCUT2D eigenvalue weighted by Gasteiger charge is 2.41. The van der Waals surface area contributed by atoms with Crippen LogP contribution in [0.3, 0.4) is 0 Å². The van der Waals surface area contributed by atoms with Crippen molar-refractivity contribution in [2.45, 2.75) is 36.2 Å². The zero-order valence-corrected chi connectivity index (χ0v) is 17.8. The van der Waals surface area contributed by atoms with Crippen molar-refractivity contribution in [3.05, 3.63) is 59.6 Å². The first-order valence-electron chi connectivity index (χ1n) is 9.80. The maximum atomic E-state index is 12.8. The van der Waals surface area contributed by atoms with Crippen molar-refractivity contribution >= 4 is 39.1 Å². The molecule has 0 spiro atoms. The lowest BCUT2D eigenvalue weighted by molar-refractivity contribution is -0.121. The van der Waals surface area contributed by atoms with Crippen molar-refractivity contribution in [1.29, 1.82) is 0 Å². The summed E-state index contributed by atoms with van der Waals surface area (Å²) in [6, 6.07) is 14.3. The Morgan fingerprint density at radius 1 is 0.933 bits per heavy atom. The number of rotatable bonds is 5. The summed E-state index contributed by atoms with van der Waals surface area (Å²) in [6.07, 6.45) is 1.24. The quantitative estimate of drug-likeness (QED) is 0.711. The van der Waals surface area contributed by atoms with Gasteiger partial charge in [0, 0.05) is 24.2 Å². The third-order valence-electron chi connectivity index (χ3n) is 5.50. The van der Waals surface area contributed by atoms with Crippen molar-refractivity contribution in [3.8, 4) is 0 Å². The number of sulfonamides is 1. The van der Waals surface area contributed by atoms with E-state index in [2.05, 4.69) is 5.32 Å². The summed E-state index contributed by atoms with van der Waals surface area (Å²) in [4.78, 5) is 26.7. The van der Waals surface area contributed by atoms with E-state index in [4.69, 9.17) is 11.6 Å². The Morgan fingerprint density at radius 2 is 1.57 bits per heavy atom. The molecule has 0 radical (unpaired) electrons. The number of benzene rings is 2. The van der Waals surface area contributed by atoms with Crippen LogP contribution in [0.25, 0.3) is 0 Å². The van der Waals surface area contributed by atoms with Crippen LogP contribution in [0.5, 0.6) is 0 Å². The van der Waals surface area contributed by atoms with Crippen LogP contribution in [0, 0.1) is 0 Å². The van der Waals surface area contributed by atoms with Gasteiger partial charge in [-0.2, -0.15) is 4.31 Å². The maximum absolute atomic E-state index is 12.8. The molecule has 2 aliphatic rings. The number of anilines is 1. The van der Waals surface area contributed by atoms with Crippen LogP contribution in [0.4, 0.5) is 5.69 Å². The molecule has 2 aromatic carbocycles. The second-order valence-electron chi connectivity index (χ2n) is 7.46. The van der Waals surface area contributed by atoms with Crippen LogP contribution in [0.2, 0.25) is 5.02 Å². The lowest BCUT2D eigenvalue weighted by atomic mass is 10.1. The molecule has 7 nitrogen and oxygen atoms in total. The number of imide groups is 1. The number of amides is 2. The minimum atomic E-state index is -3.52. The molecule has 0 saturated carbocycles.